The van der Waals surface area contributed by atoms with Crippen molar-refractivity contribution in [1.82, 2.24) is 15.1 Å². The molecule has 1 amide bonds. The Morgan fingerprint density at radius 1 is 1.44 bits per heavy atom. The van der Waals surface area contributed by atoms with E-state index in [1.165, 1.54) is 0 Å². The molecule has 0 radical (unpaired) electrons. The Balaban J connectivity index is 2.41. The van der Waals surface area contributed by atoms with Gasteiger partial charge in [-0.25, -0.2) is 0 Å². The maximum atomic E-state index is 11.6. The maximum Gasteiger partial charge on any atom is 0.315 e. The van der Waals surface area contributed by atoms with Gasteiger partial charge in [0.05, 0.1) is 13.1 Å². The van der Waals surface area contributed by atoms with Crippen LogP contribution in [0.3, 0.4) is 0 Å². The van der Waals surface area contributed by atoms with E-state index in [4.69, 9.17) is 10.2 Å². The smallest absolute Gasteiger partial charge is 0.315 e. The second kappa shape index (κ2) is 6.06. The van der Waals surface area contributed by atoms with Crippen LogP contribution in [0.2, 0.25) is 0 Å². The number of rotatable bonds is 6. The lowest BCUT2D eigenvalue weighted by atomic mass is 10.4. The van der Waals surface area contributed by atoms with Crippen LogP contribution in [0, 0.1) is 0 Å². The number of likely N-dealkylation sites (N-methyl/N-ethyl adjacent to an activating group) is 1. The monoisotopic (exact) mass is 227 g/mol. The van der Waals surface area contributed by atoms with Crippen molar-refractivity contribution in [3.63, 3.8) is 0 Å². The van der Waals surface area contributed by atoms with E-state index in [0.29, 0.717) is 19.0 Å². The van der Waals surface area contributed by atoms with Crippen molar-refractivity contribution in [1.29, 1.82) is 0 Å². The van der Waals surface area contributed by atoms with Gasteiger partial charge in [0.2, 0.25) is 11.8 Å². The number of nitrogens with zero attached hydrogens (tertiary/aromatic N) is 3. The van der Waals surface area contributed by atoms with Crippen LogP contribution in [-0.4, -0.2) is 40.6 Å². The van der Waals surface area contributed by atoms with Crippen LogP contribution >= 0.6 is 0 Å². The van der Waals surface area contributed by atoms with E-state index in [2.05, 4.69) is 15.5 Å². The number of amides is 1. The molecule has 0 aliphatic heterocycles. The first-order valence-corrected chi connectivity index (χ1v) is 5.25. The summed E-state index contributed by atoms with van der Waals surface area (Å²) in [6.45, 7) is 5.58. The third kappa shape index (κ3) is 3.20. The summed E-state index contributed by atoms with van der Waals surface area (Å²) >= 11 is 0. The van der Waals surface area contributed by atoms with Crippen molar-refractivity contribution in [2.24, 2.45) is 5.73 Å². The molecule has 1 aromatic rings. The Bertz CT molecular complexity index is 334. The number of hydrogen-bond donors (Lipinski definition) is 2. The van der Waals surface area contributed by atoms with E-state index in [-0.39, 0.29) is 25.0 Å². The summed E-state index contributed by atoms with van der Waals surface area (Å²) in [5.41, 5.74) is 5.31. The van der Waals surface area contributed by atoms with E-state index >= 15 is 0 Å². The lowest BCUT2D eigenvalue weighted by Gasteiger charge is -2.18. The van der Waals surface area contributed by atoms with E-state index in [1.54, 1.807) is 4.90 Å². The number of aromatic nitrogens is 2. The largest absolute Gasteiger partial charge is 0.407 e. The summed E-state index contributed by atoms with van der Waals surface area (Å²) in [7, 11) is 0. The van der Waals surface area contributed by atoms with Crippen LogP contribution in [0.1, 0.15) is 19.7 Å². The average Bonchev–Trinajstić information content (AvgIpc) is 2.76. The Morgan fingerprint density at radius 3 is 2.62 bits per heavy atom. The lowest BCUT2D eigenvalue weighted by Crippen LogP contribution is -2.35. The standard InChI is InChI=1S/C9H17N5O2/c1-3-14(4-2)8(15)6-11-9-13-12-7(5-10)16-9/h3-6,10H2,1-2H3,(H,11,13). The van der Waals surface area contributed by atoms with Gasteiger partial charge in [0.15, 0.2) is 0 Å². The molecule has 0 spiro atoms. The van der Waals surface area contributed by atoms with Gasteiger partial charge in [-0.05, 0) is 13.8 Å². The number of nitrogens with one attached hydrogen (secondary N) is 1. The molecular formula is C9H17N5O2. The zero-order valence-electron chi connectivity index (χ0n) is 9.56. The molecule has 3 N–H and O–H groups in total. The van der Waals surface area contributed by atoms with Gasteiger partial charge in [0.25, 0.3) is 0 Å². The molecule has 7 heteroatoms. The summed E-state index contributed by atoms with van der Waals surface area (Å²) in [5.74, 6) is 0.343. The van der Waals surface area contributed by atoms with Crippen LogP contribution in [0.15, 0.2) is 4.42 Å². The normalized spacial score (nSPS) is 10.2. The van der Waals surface area contributed by atoms with Gasteiger partial charge in [0.1, 0.15) is 0 Å². The molecule has 1 heterocycles. The Morgan fingerprint density at radius 2 is 2.12 bits per heavy atom. The van der Waals surface area contributed by atoms with Gasteiger partial charge in [-0.1, -0.05) is 5.10 Å². The van der Waals surface area contributed by atoms with Crippen molar-refractivity contribution >= 4 is 11.9 Å². The summed E-state index contributed by atoms with van der Waals surface area (Å²) < 4.78 is 5.10. The summed E-state index contributed by atoms with van der Waals surface area (Å²) in [4.78, 5) is 13.3. The Kier molecular flexibility index (Phi) is 4.71. The van der Waals surface area contributed by atoms with Gasteiger partial charge in [-0.3, -0.25) is 4.79 Å². The van der Waals surface area contributed by atoms with Crippen LogP contribution in [0.5, 0.6) is 0 Å². The first kappa shape index (κ1) is 12.4. The minimum atomic E-state index is -0.00232. The number of hydrogen-bond acceptors (Lipinski definition) is 6. The SMILES string of the molecule is CCN(CC)C(=O)CNc1nnc(CN)o1. The molecule has 1 aromatic heterocycles. The molecule has 90 valence electrons. The fourth-order valence-electron chi connectivity index (χ4n) is 1.25. The molecule has 0 unspecified atom stereocenters. The minimum Gasteiger partial charge on any atom is -0.407 e. The van der Waals surface area contributed by atoms with E-state index in [0.717, 1.165) is 0 Å². The fraction of sp³-hybridized carbons (Fsp3) is 0.667. The molecule has 1 rings (SSSR count). The quantitative estimate of drug-likeness (QED) is 0.699. The molecule has 0 saturated carbocycles. The third-order valence-corrected chi connectivity index (χ3v) is 2.15. The van der Waals surface area contributed by atoms with Gasteiger partial charge in [-0.2, -0.15) is 0 Å². The van der Waals surface area contributed by atoms with Gasteiger partial charge >= 0.3 is 6.01 Å². The zero-order chi connectivity index (χ0) is 12.0. The first-order valence-electron chi connectivity index (χ1n) is 5.25. The summed E-state index contributed by atoms with van der Waals surface area (Å²) in [5, 5.41) is 10.1. The first-order chi connectivity index (χ1) is 7.71. The molecule has 16 heavy (non-hydrogen) atoms. The predicted molar refractivity (Wildman–Crippen MR) is 58.6 cm³/mol. The molecular weight excluding hydrogens is 210 g/mol. The number of nitrogens with two attached hydrogens (primary N) is 1. The molecule has 0 bridgehead atoms. The highest BCUT2D eigenvalue weighted by atomic mass is 16.4. The molecule has 0 atom stereocenters. The second-order valence-electron chi connectivity index (χ2n) is 3.12. The molecule has 0 saturated heterocycles. The Labute approximate surface area is 94.0 Å². The third-order valence-electron chi connectivity index (χ3n) is 2.15. The highest BCUT2D eigenvalue weighted by Crippen LogP contribution is 2.03. The van der Waals surface area contributed by atoms with Gasteiger partial charge in [-0.15, -0.1) is 5.10 Å². The maximum absolute atomic E-state index is 11.6. The molecule has 0 aliphatic carbocycles. The second-order valence-corrected chi connectivity index (χ2v) is 3.12. The lowest BCUT2D eigenvalue weighted by molar-refractivity contribution is -0.128. The zero-order valence-corrected chi connectivity index (χ0v) is 9.56. The van der Waals surface area contributed by atoms with Crippen LogP contribution in [0.4, 0.5) is 6.01 Å². The predicted octanol–water partition coefficient (Wildman–Crippen LogP) is -0.191. The van der Waals surface area contributed by atoms with Crippen LogP contribution in [0.25, 0.3) is 0 Å². The van der Waals surface area contributed by atoms with Crippen LogP contribution in [-0.2, 0) is 11.3 Å². The van der Waals surface area contributed by atoms with E-state index in [9.17, 15) is 4.79 Å². The topological polar surface area (TPSA) is 97.3 Å². The molecule has 0 aromatic carbocycles. The van der Waals surface area contributed by atoms with Crippen molar-refractivity contribution in [2.45, 2.75) is 20.4 Å². The number of carbonyl (C=O) groups excluding carboxylic acids is 1. The number of anilines is 1. The van der Waals surface area contributed by atoms with Gasteiger partial charge in [0, 0.05) is 13.1 Å². The van der Waals surface area contributed by atoms with Crippen molar-refractivity contribution in [2.75, 3.05) is 25.0 Å². The average molecular weight is 227 g/mol. The molecule has 7 nitrogen and oxygen atoms in total. The molecule has 0 fully saturated rings. The molecule has 0 aliphatic rings. The fourth-order valence-corrected chi connectivity index (χ4v) is 1.25. The van der Waals surface area contributed by atoms with Crippen LogP contribution < -0.4 is 11.1 Å². The Hall–Kier alpha value is -1.63. The van der Waals surface area contributed by atoms with Gasteiger partial charge < -0.3 is 20.4 Å². The highest BCUT2D eigenvalue weighted by Gasteiger charge is 2.10. The van der Waals surface area contributed by atoms with Crippen molar-refractivity contribution < 1.29 is 9.21 Å². The van der Waals surface area contributed by atoms with E-state index in [1.807, 2.05) is 13.8 Å². The highest BCUT2D eigenvalue weighted by molar-refractivity contribution is 5.80. The number of carbonyl (C=O) groups is 1. The van der Waals surface area contributed by atoms with E-state index < -0.39 is 0 Å². The summed E-state index contributed by atoms with van der Waals surface area (Å²) in [6.07, 6.45) is 0. The van der Waals surface area contributed by atoms with Crippen molar-refractivity contribution in [3.05, 3.63) is 5.89 Å². The van der Waals surface area contributed by atoms with Crippen molar-refractivity contribution in [3.8, 4) is 0 Å². The summed E-state index contributed by atoms with van der Waals surface area (Å²) in [6, 6.07) is 0.223. The minimum absolute atomic E-state index is 0.00232.